The van der Waals surface area contributed by atoms with Crippen LogP contribution in [0.3, 0.4) is 0 Å². The molecule has 0 saturated carbocycles. The van der Waals surface area contributed by atoms with Gasteiger partial charge in [0.25, 0.3) is 0 Å². The lowest BCUT2D eigenvalue weighted by Gasteiger charge is -2.48. The molecule has 1 aliphatic carbocycles. The van der Waals surface area contributed by atoms with Crippen molar-refractivity contribution in [3.05, 3.63) is 23.0 Å². The summed E-state index contributed by atoms with van der Waals surface area (Å²) in [5.74, 6) is 0.479. The van der Waals surface area contributed by atoms with Crippen molar-refractivity contribution in [3.8, 4) is 0 Å². The number of allylic oxidation sites excluding steroid dienone is 4. The average molecular weight is 266 g/mol. The van der Waals surface area contributed by atoms with Gasteiger partial charge in [0.15, 0.2) is 0 Å². The fraction of sp³-hybridized carbons (Fsp3) is 0.765. The van der Waals surface area contributed by atoms with Crippen LogP contribution in [-0.4, -0.2) is 16.8 Å². The van der Waals surface area contributed by atoms with E-state index in [9.17, 15) is 10.2 Å². The van der Waals surface area contributed by atoms with E-state index in [1.165, 1.54) is 5.57 Å². The highest BCUT2D eigenvalue weighted by Crippen LogP contribution is 2.55. The number of hydrogen-bond donors (Lipinski definition) is 2. The highest BCUT2D eigenvalue weighted by Gasteiger charge is 2.48. The van der Waals surface area contributed by atoms with Crippen molar-refractivity contribution in [1.82, 2.24) is 0 Å². The molecule has 0 saturated heterocycles. The molecule has 0 bridgehead atoms. The summed E-state index contributed by atoms with van der Waals surface area (Å²) in [7, 11) is 0. The minimum absolute atomic E-state index is 0.0856. The molecule has 1 unspecified atom stereocenters. The Balaban J connectivity index is 3.51. The normalized spacial score (nSPS) is 25.6. The minimum atomic E-state index is -0.358. The van der Waals surface area contributed by atoms with E-state index in [-0.39, 0.29) is 22.9 Å². The van der Waals surface area contributed by atoms with Crippen LogP contribution < -0.4 is 0 Å². The fourth-order valence-electron chi connectivity index (χ4n) is 3.15. The van der Waals surface area contributed by atoms with Gasteiger partial charge in [-0.2, -0.15) is 0 Å². The number of aliphatic hydroxyl groups excluding tert-OH is 2. The van der Waals surface area contributed by atoms with Crippen LogP contribution in [-0.2, 0) is 0 Å². The first kappa shape index (κ1) is 16.3. The molecule has 0 fully saturated rings. The predicted molar refractivity (Wildman–Crippen MR) is 81.1 cm³/mol. The van der Waals surface area contributed by atoms with E-state index in [2.05, 4.69) is 54.5 Å². The Bertz CT molecular complexity index is 402. The summed E-state index contributed by atoms with van der Waals surface area (Å²) >= 11 is 0. The van der Waals surface area contributed by atoms with Gasteiger partial charge in [0.2, 0.25) is 0 Å². The zero-order valence-electron chi connectivity index (χ0n) is 13.6. The van der Waals surface area contributed by atoms with Gasteiger partial charge in [-0.05, 0) is 36.2 Å². The largest absolute Gasteiger partial charge is 0.511 e. The zero-order chi connectivity index (χ0) is 15.1. The highest BCUT2D eigenvalue weighted by atomic mass is 16.3. The molecule has 2 N–H and O–H groups in total. The first-order chi connectivity index (χ1) is 8.45. The Kier molecular flexibility index (Phi) is 4.26. The molecule has 0 heterocycles. The summed E-state index contributed by atoms with van der Waals surface area (Å²) in [6, 6.07) is 0. The van der Waals surface area contributed by atoms with Crippen molar-refractivity contribution >= 4 is 0 Å². The van der Waals surface area contributed by atoms with Gasteiger partial charge >= 0.3 is 0 Å². The molecule has 0 aromatic heterocycles. The first-order valence-corrected chi connectivity index (χ1v) is 7.18. The third-order valence-electron chi connectivity index (χ3n) is 4.46. The van der Waals surface area contributed by atoms with Gasteiger partial charge in [-0.25, -0.2) is 0 Å². The summed E-state index contributed by atoms with van der Waals surface area (Å²) in [6.07, 6.45) is 3.55. The molecule has 1 aliphatic rings. The molecule has 0 radical (unpaired) electrons. The van der Waals surface area contributed by atoms with Gasteiger partial charge in [-0.15, -0.1) is 0 Å². The van der Waals surface area contributed by atoms with E-state index in [4.69, 9.17) is 0 Å². The number of hydrogen-bond acceptors (Lipinski definition) is 2. The zero-order valence-corrected chi connectivity index (χ0v) is 13.6. The Hall–Kier alpha value is -0.760. The topological polar surface area (TPSA) is 40.5 Å². The fourth-order valence-corrected chi connectivity index (χ4v) is 3.15. The summed E-state index contributed by atoms with van der Waals surface area (Å²) in [4.78, 5) is 0. The monoisotopic (exact) mass is 266 g/mol. The van der Waals surface area contributed by atoms with Crippen LogP contribution in [0.2, 0.25) is 0 Å². The molecular formula is C17H30O2. The average Bonchev–Trinajstić information content (AvgIpc) is 2.19. The lowest BCUT2D eigenvalue weighted by Crippen LogP contribution is -2.42. The van der Waals surface area contributed by atoms with E-state index in [0.29, 0.717) is 12.2 Å². The summed E-state index contributed by atoms with van der Waals surface area (Å²) < 4.78 is 0. The molecule has 1 atom stereocenters. The predicted octanol–water partition coefficient (Wildman–Crippen LogP) is 4.61. The van der Waals surface area contributed by atoms with Crippen molar-refractivity contribution in [2.24, 2.45) is 16.2 Å². The smallest absolute Gasteiger partial charge is 0.103 e. The number of rotatable bonds is 2. The molecule has 2 heteroatoms. The van der Waals surface area contributed by atoms with Crippen LogP contribution in [0.5, 0.6) is 0 Å². The van der Waals surface area contributed by atoms with Crippen LogP contribution in [0.1, 0.15) is 61.3 Å². The van der Waals surface area contributed by atoms with Crippen molar-refractivity contribution in [2.75, 3.05) is 6.61 Å². The maximum atomic E-state index is 10.9. The maximum absolute atomic E-state index is 10.9. The Morgan fingerprint density at radius 2 is 1.68 bits per heavy atom. The van der Waals surface area contributed by atoms with Gasteiger partial charge in [-0.3, -0.25) is 0 Å². The second-order valence-corrected chi connectivity index (χ2v) is 7.99. The Morgan fingerprint density at radius 1 is 1.16 bits per heavy atom. The van der Waals surface area contributed by atoms with E-state index < -0.39 is 0 Å². The third-order valence-corrected chi connectivity index (χ3v) is 4.46. The van der Waals surface area contributed by atoms with Gasteiger partial charge < -0.3 is 10.2 Å². The van der Waals surface area contributed by atoms with E-state index in [1.54, 1.807) is 0 Å². The first-order valence-electron chi connectivity index (χ1n) is 7.18. The quantitative estimate of drug-likeness (QED) is 0.766. The lowest BCUT2D eigenvalue weighted by molar-refractivity contribution is 0.0385. The molecule has 1 rings (SSSR count). The lowest BCUT2D eigenvalue weighted by atomic mass is 9.57. The second-order valence-electron chi connectivity index (χ2n) is 7.99. The molecule has 0 amide bonds. The molecular weight excluding hydrogens is 236 g/mol. The SMILES string of the molecule is CC1=CC(C(C)(C)C)=C(O)C(CCO)(C(C)(C)C)C1. The van der Waals surface area contributed by atoms with Crippen molar-refractivity contribution in [3.63, 3.8) is 0 Å². The molecule has 0 spiro atoms. The molecule has 0 aliphatic heterocycles. The highest BCUT2D eigenvalue weighted by molar-refractivity contribution is 5.39. The van der Waals surface area contributed by atoms with Crippen molar-refractivity contribution in [2.45, 2.75) is 61.3 Å². The Morgan fingerprint density at radius 3 is 2.05 bits per heavy atom. The van der Waals surface area contributed by atoms with Gasteiger partial charge in [0.05, 0.1) is 0 Å². The molecule has 0 aromatic carbocycles. The van der Waals surface area contributed by atoms with Crippen LogP contribution in [0.4, 0.5) is 0 Å². The van der Waals surface area contributed by atoms with Gasteiger partial charge in [0, 0.05) is 12.0 Å². The molecule has 19 heavy (non-hydrogen) atoms. The van der Waals surface area contributed by atoms with Crippen LogP contribution >= 0.6 is 0 Å². The third kappa shape index (κ3) is 2.89. The van der Waals surface area contributed by atoms with Crippen molar-refractivity contribution in [1.29, 1.82) is 0 Å². The number of aliphatic hydroxyl groups is 2. The molecule has 0 aromatic rings. The minimum Gasteiger partial charge on any atom is -0.511 e. The summed E-state index contributed by atoms with van der Waals surface area (Å²) in [5.41, 5.74) is 1.76. The molecule has 110 valence electrons. The summed E-state index contributed by atoms with van der Waals surface area (Å²) in [5, 5.41) is 20.4. The van der Waals surface area contributed by atoms with Gasteiger partial charge in [-0.1, -0.05) is 53.2 Å². The Labute approximate surface area is 118 Å². The molecule has 2 nitrogen and oxygen atoms in total. The maximum Gasteiger partial charge on any atom is 0.103 e. The van der Waals surface area contributed by atoms with Crippen LogP contribution in [0.25, 0.3) is 0 Å². The van der Waals surface area contributed by atoms with Gasteiger partial charge in [0.1, 0.15) is 5.76 Å². The van der Waals surface area contributed by atoms with Crippen molar-refractivity contribution < 1.29 is 10.2 Å². The second kappa shape index (κ2) is 4.97. The standard InChI is InChI=1S/C17H30O2/c1-12-10-13(15(2,3)4)14(19)17(11-12,8-9-18)16(5,6)7/h10,18-19H,8-9,11H2,1-7H3. The van der Waals surface area contributed by atoms with Crippen LogP contribution in [0.15, 0.2) is 23.0 Å². The van der Waals surface area contributed by atoms with E-state index >= 15 is 0 Å². The van der Waals surface area contributed by atoms with E-state index in [0.717, 1.165) is 12.0 Å². The van der Waals surface area contributed by atoms with Crippen LogP contribution in [0, 0.1) is 16.2 Å². The summed E-state index contributed by atoms with van der Waals surface area (Å²) in [6.45, 7) is 15.1. The van der Waals surface area contributed by atoms with E-state index in [1.807, 2.05) is 0 Å².